The molecule has 0 saturated heterocycles. The van der Waals surface area contributed by atoms with Gasteiger partial charge in [0.2, 0.25) is 0 Å². The van der Waals surface area contributed by atoms with Crippen molar-refractivity contribution in [3.63, 3.8) is 0 Å². The molecule has 0 fully saturated rings. The highest BCUT2D eigenvalue weighted by Crippen LogP contribution is 2.05. The van der Waals surface area contributed by atoms with Gasteiger partial charge in [0, 0.05) is 0 Å². The second-order valence-corrected chi connectivity index (χ2v) is 3.10. The summed E-state index contributed by atoms with van der Waals surface area (Å²) in [5.41, 5.74) is 1.07. The third-order valence-electron chi connectivity index (χ3n) is 1.29. The molecule has 10 heavy (non-hydrogen) atoms. The van der Waals surface area contributed by atoms with Gasteiger partial charge in [-0.2, -0.15) is 0 Å². The Hall–Kier alpha value is -0.820. The fourth-order valence-electron chi connectivity index (χ4n) is 0.403. The predicted molar refractivity (Wildman–Crippen MR) is 46.5 cm³/mol. The molecule has 0 aliphatic heterocycles. The summed E-state index contributed by atoms with van der Waals surface area (Å²) in [5, 5.41) is 0. The van der Waals surface area contributed by atoms with Crippen LogP contribution in [0.25, 0.3) is 0 Å². The van der Waals surface area contributed by atoms with Crippen molar-refractivity contribution < 1.29 is 4.48 Å². The van der Waals surface area contributed by atoms with E-state index in [9.17, 15) is 0 Å². The van der Waals surface area contributed by atoms with Crippen molar-refractivity contribution in [2.45, 2.75) is 0 Å². The molecule has 0 spiro atoms. The molecule has 0 aromatic rings. The molecule has 0 aliphatic rings. The Morgan fingerprint density at radius 2 is 1.80 bits per heavy atom. The van der Waals surface area contributed by atoms with E-state index in [0.29, 0.717) is 0 Å². The molecule has 0 aliphatic carbocycles. The zero-order valence-electron chi connectivity index (χ0n) is 7.09. The van der Waals surface area contributed by atoms with Crippen molar-refractivity contribution in [3.8, 4) is 0 Å². The van der Waals surface area contributed by atoms with Gasteiger partial charge in [-0.05, 0) is 12.7 Å². The summed E-state index contributed by atoms with van der Waals surface area (Å²) in [4.78, 5) is 0. The summed E-state index contributed by atoms with van der Waals surface area (Å²) < 4.78 is 0.768. The van der Waals surface area contributed by atoms with Crippen LogP contribution < -0.4 is 0 Å². The molecule has 0 aromatic heterocycles. The third kappa shape index (κ3) is 3.25. The van der Waals surface area contributed by atoms with Gasteiger partial charge >= 0.3 is 0 Å². The van der Waals surface area contributed by atoms with Gasteiger partial charge in [0.1, 0.15) is 5.70 Å². The van der Waals surface area contributed by atoms with Crippen LogP contribution in [0.15, 0.2) is 37.1 Å². The minimum atomic E-state index is 0.768. The van der Waals surface area contributed by atoms with E-state index >= 15 is 0 Å². The molecule has 0 unspecified atom stereocenters. The largest absolute Gasteiger partial charge is 0.299 e. The lowest BCUT2D eigenvalue weighted by Crippen LogP contribution is -2.31. The molecule has 0 N–H and O–H groups in total. The predicted octanol–water partition coefficient (Wildman–Crippen LogP) is 1.95. The normalized spacial score (nSPS) is 11.9. The zero-order valence-corrected chi connectivity index (χ0v) is 7.09. The second-order valence-electron chi connectivity index (χ2n) is 3.10. The Bertz CT molecular complexity index is 158. The summed E-state index contributed by atoms with van der Waals surface area (Å²) in [7, 11) is 6.24. The Morgan fingerprint density at radius 1 is 1.30 bits per heavy atom. The van der Waals surface area contributed by atoms with E-state index < -0.39 is 0 Å². The van der Waals surface area contributed by atoms with E-state index in [1.54, 1.807) is 6.08 Å². The fraction of sp³-hybridized carbons (Fsp3) is 0.333. The van der Waals surface area contributed by atoms with Gasteiger partial charge in [-0.1, -0.05) is 18.7 Å². The molecule has 0 aromatic carbocycles. The fourth-order valence-corrected chi connectivity index (χ4v) is 0.403. The Morgan fingerprint density at radius 3 is 2.10 bits per heavy atom. The van der Waals surface area contributed by atoms with Crippen molar-refractivity contribution in [1.29, 1.82) is 0 Å². The smallest absolute Gasteiger partial charge is 0.124 e. The first-order valence-electron chi connectivity index (χ1n) is 3.28. The summed E-state index contributed by atoms with van der Waals surface area (Å²) in [5.74, 6) is 0. The Kier molecular flexibility index (Phi) is 3.10. The van der Waals surface area contributed by atoms with Gasteiger partial charge < -0.3 is 0 Å². The number of nitrogens with zero attached hydrogens (tertiary/aromatic N) is 1. The molecule has 0 radical (unpaired) electrons. The van der Waals surface area contributed by atoms with E-state index in [-0.39, 0.29) is 0 Å². The first-order valence-corrected chi connectivity index (χ1v) is 3.28. The minimum absolute atomic E-state index is 0.768. The van der Waals surface area contributed by atoms with Crippen LogP contribution in [0.5, 0.6) is 0 Å². The van der Waals surface area contributed by atoms with E-state index in [2.05, 4.69) is 34.3 Å². The first kappa shape index (κ1) is 9.18. The number of quaternary nitrogens is 1. The lowest BCUT2D eigenvalue weighted by Gasteiger charge is -2.23. The minimum Gasteiger partial charge on any atom is -0.299 e. The van der Waals surface area contributed by atoms with Crippen molar-refractivity contribution in [3.05, 3.63) is 37.1 Å². The topological polar surface area (TPSA) is 0 Å². The van der Waals surface area contributed by atoms with Crippen LogP contribution in [0.1, 0.15) is 0 Å². The third-order valence-corrected chi connectivity index (χ3v) is 1.29. The maximum atomic E-state index is 3.90. The molecule has 0 heterocycles. The first-order chi connectivity index (χ1) is 4.48. The monoisotopic (exact) mass is 138 g/mol. The number of allylic oxidation sites excluding steroid dienone is 3. The molecule has 0 saturated carbocycles. The van der Waals surface area contributed by atoms with Crippen LogP contribution in [-0.2, 0) is 0 Å². The molecular weight excluding hydrogens is 122 g/mol. The highest BCUT2D eigenvalue weighted by atomic mass is 15.3. The Labute approximate surface area is 63.6 Å². The molecular formula is C9H16N+. The average Bonchev–Trinajstić information content (AvgIpc) is 1.80. The lowest BCUT2D eigenvalue weighted by molar-refractivity contribution is -0.827. The SMILES string of the molecule is C=CC=CC(=C)[N+](C)(C)C. The molecule has 56 valence electrons. The van der Waals surface area contributed by atoms with Crippen LogP contribution in [0, 0.1) is 0 Å². The summed E-state index contributed by atoms with van der Waals surface area (Å²) >= 11 is 0. The number of likely N-dealkylation sites (N-methyl/N-ethyl adjacent to an activating group) is 1. The molecule has 1 nitrogen and oxygen atoms in total. The van der Waals surface area contributed by atoms with Gasteiger partial charge in [0.15, 0.2) is 0 Å². The lowest BCUT2D eigenvalue weighted by atomic mass is 10.3. The van der Waals surface area contributed by atoms with Crippen LogP contribution in [0.2, 0.25) is 0 Å². The van der Waals surface area contributed by atoms with E-state index in [4.69, 9.17) is 0 Å². The zero-order chi connectivity index (χ0) is 8.20. The maximum Gasteiger partial charge on any atom is 0.124 e. The number of hydrogen-bond acceptors (Lipinski definition) is 0. The Balaban J connectivity index is 4.11. The number of rotatable bonds is 3. The average molecular weight is 138 g/mol. The van der Waals surface area contributed by atoms with E-state index in [1.807, 2.05) is 12.2 Å². The highest BCUT2D eigenvalue weighted by Gasteiger charge is 2.08. The molecule has 0 amide bonds. The molecule has 1 heteroatoms. The van der Waals surface area contributed by atoms with Crippen LogP contribution in [0.3, 0.4) is 0 Å². The molecule has 0 rings (SSSR count). The summed E-state index contributed by atoms with van der Waals surface area (Å²) in [6.45, 7) is 7.48. The van der Waals surface area contributed by atoms with Crippen molar-refractivity contribution >= 4 is 0 Å². The van der Waals surface area contributed by atoms with Crippen LogP contribution in [-0.4, -0.2) is 25.6 Å². The van der Waals surface area contributed by atoms with Crippen molar-refractivity contribution in [2.75, 3.05) is 21.1 Å². The second kappa shape index (κ2) is 3.37. The van der Waals surface area contributed by atoms with Gasteiger partial charge in [0.05, 0.1) is 21.1 Å². The van der Waals surface area contributed by atoms with Crippen LogP contribution >= 0.6 is 0 Å². The molecule has 0 bridgehead atoms. The van der Waals surface area contributed by atoms with Gasteiger partial charge in [-0.15, -0.1) is 0 Å². The van der Waals surface area contributed by atoms with Crippen molar-refractivity contribution in [2.24, 2.45) is 0 Å². The van der Waals surface area contributed by atoms with E-state index in [1.165, 1.54) is 0 Å². The van der Waals surface area contributed by atoms with Crippen LogP contribution in [0.4, 0.5) is 0 Å². The summed E-state index contributed by atoms with van der Waals surface area (Å²) in [6.07, 6.45) is 5.61. The quantitative estimate of drug-likeness (QED) is 0.413. The molecule has 0 atom stereocenters. The maximum absolute atomic E-state index is 3.90. The van der Waals surface area contributed by atoms with Crippen molar-refractivity contribution in [1.82, 2.24) is 0 Å². The van der Waals surface area contributed by atoms with Gasteiger partial charge in [-0.25, -0.2) is 0 Å². The number of hydrogen-bond donors (Lipinski definition) is 0. The van der Waals surface area contributed by atoms with Gasteiger partial charge in [-0.3, -0.25) is 4.48 Å². The summed E-state index contributed by atoms with van der Waals surface area (Å²) in [6, 6.07) is 0. The van der Waals surface area contributed by atoms with Gasteiger partial charge in [0.25, 0.3) is 0 Å². The standard InChI is InChI=1S/C9H16N/c1-6-7-8-9(2)10(3,4)5/h6-8H,1-2H2,3-5H3/q+1. The van der Waals surface area contributed by atoms with E-state index in [0.717, 1.165) is 10.2 Å². The highest BCUT2D eigenvalue weighted by molar-refractivity contribution is 5.12.